The molecule has 0 radical (unpaired) electrons. The summed E-state index contributed by atoms with van der Waals surface area (Å²) in [4.78, 5) is 19.7. The summed E-state index contributed by atoms with van der Waals surface area (Å²) in [5.74, 6) is 0.498. The number of nitrogens with one attached hydrogen (secondary N) is 1. The summed E-state index contributed by atoms with van der Waals surface area (Å²) in [6, 6.07) is 3.28. The number of hydrogen-bond acceptors (Lipinski definition) is 5. The molecule has 20 heavy (non-hydrogen) atoms. The van der Waals surface area contributed by atoms with E-state index < -0.39 is 11.7 Å². The number of aromatic nitrogens is 4. The normalized spacial score (nSPS) is 11.2. The molecular weight excluding hydrogens is 282 g/mol. The van der Waals surface area contributed by atoms with E-state index in [0.29, 0.717) is 5.82 Å². The van der Waals surface area contributed by atoms with Crippen LogP contribution in [0, 0.1) is 0 Å². The van der Waals surface area contributed by atoms with E-state index in [1.165, 1.54) is 10.7 Å². The SMILES string of the molecule is CC(C)(C)OC(=O)Nc1nc(Cl)cc(-n2cccn2)n1. The standard InChI is InChI=1S/C12H14ClN5O2/c1-12(2,3)20-11(19)17-10-15-8(13)7-9(16-10)18-6-4-5-14-18/h4-7H,1-3H3,(H,15,16,17,19). The Morgan fingerprint density at radius 3 is 2.75 bits per heavy atom. The zero-order valence-corrected chi connectivity index (χ0v) is 12.0. The highest BCUT2D eigenvalue weighted by atomic mass is 35.5. The lowest BCUT2D eigenvalue weighted by Crippen LogP contribution is -2.28. The van der Waals surface area contributed by atoms with Crippen molar-refractivity contribution in [2.24, 2.45) is 0 Å². The number of anilines is 1. The molecule has 0 spiro atoms. The molecule has 1 N–H and O–H groups in total. The van der Waals surface area contributed by atoms with Gasteiger partial charge in [0, 0.05) is 18.5 Å². The third kappa shape index (κ3) is 3.92. The van der Waals surface area contributed by atoms with Gasteiger partial charge in [-0.05, 0) is 26.8 Å². The van der Waals surface area contributed by atoms with Crippen LogP contribution in [-0.2, 0) is 4.74 Å². The summed E-state index contributed by atoms with van der Waals surface area (Å²) >= 11 is 5.90. The minimum absolute atomic E-state index is 0.0530. The number of carbonyl (C=O) groups is 1. The van der Waals surface area contributed by atoms with Crippen molar-refractivity contribution in [1.82, 2.24) is 19.7 Å². The fraction of sp³-hybridized carbons (Fsp3) is 0.333. The molecule has 2 heterocycles. The van der Waals surface area contributed by atoms with Gasteiger partial charge in [-0.25, -0.2) is 14.5 Å². The summed E-state index contributed by atoms with van der Waals surface area (Å²) in [5.41, 5.74) is -0.604. The Hall–Kier alpha value is -2.15. The Labute approximate surface area is 120 Å². The summed E-state index contributed by atoms with van der Waals surface area (Å²) in [6.07, 6.45) is 2.67. The van der Waals surface area contributed by atoms with E-state index in [1.807, 2.05) is 0 Å². The maximum absolute atomic E-state index is 11.7. The van der Waals surface area contributed by atoms with E-state index in [9.17, 15) is 4.79 Å². The molecule has 0 bridgehead atoms. The first-order valence-corrected chi connectivity index (χ1v) is 6.26. The highest BCUT2D eigenvalue weighted by Gasteiger charge is 2.17. The number of hydrogen-bond donors (Lipinski definition) is 1. The van der Waals surface area contributed by atoms with Crippen LogP contribution in [0.15, 0.2) is 24.5 Å². The predicted octanol–water partition coefficient (Wildman–Crippen LogP) is 2.66. The number of rotatable bonds is 2. The lowest BCUT2D eigenvalue weighted by atomic mass is 10.2. The number of ether oxygens (including phenoxy) is 1. The largest absolute Gasteiger partial charge is 0.444 e. The van der Waals surface area contributed by atoms with Gasteiger partial charge in [0.15, 0.2) is 5.82 Å². The number of amides is 1. The van der Waals surface area contributed by atoms with Gasteiger partial charge < -0.3 is 4.74 Å². The maximum Gasteiger partial charge on any atom is 0.414 e. The molecule has 1 amide bonds. The van der Waals surface area contributed by atoms with E-state index in [2.05, 4.69) is 20.4 Å². The molecule has 0 saturated heterocycles. The molecule has 106 valence electrons. The van der Waals surface area contributed by atoms with Gasteiger partial charge in [0.2, 0.25) is 5.95 Å². The van der Waals surface area contributed by atoms with Gasteiger partial charge in [-0.2, -0.15) is 10.1 Å². The van der Waals surface area contributed by atoms with Crippen molar-refractivity contribution in [3.8, 4) is 5.82 Å². The number of nitrogens with zero attached hydrogens (tertiary/aromatic N) is 4. The molecule has 7 nitrogen and oxygen atoms in total. The van der Waals surface area contributed by atoms with Crippen LogP contribution >= 0.6 is 11.6 Å². The van der Waals surface area contributed by atoms with Gasteiger partial charge in [0.1, 0.15) is 10.8 Å². The van der Waals surface area contributed by atoms with Crippen LogP contribution < -0.4 is 5.32 Å². The summed E-state index contributed by atoms with van der Waals surface area (Å²) in [5, 5.41) is 6.66. The minimum Gasteiger partial charge on any atom is -0.444 e. The third-order valence-electron chi connectivity index (χ3n) is 2.03. The van der Waals surface area contributed by atoms with E-state index in [0.717, 1.165) is 0 Å². The van der Waals surface area contributed by atoms with Crippen LogP contribution in [0.1, 0.15) is 20.8 Å². The molecular formula is C12H14ClN5O2. The highest BCUT2D eigenvalue weighted by Crippen LogP contribution is 2.14. The van der Waals surface area contributed by atoms with Gasteiger partial charge in [0.05, 0.1) is 0 Å². The van der Waals surface area contributed by atoms with Crippen molar-refractivity contribution < 1.29 is 9.53 Å². The second-order valence-electron chi connectivity index (χ2n) is 4.95. The molecule has 0 aliphatic heterocycles. The van der Waals surface area contributed by atoms with Gasteiger partial charge in [0.25, 0.3) is 0 Å². The van der Waals surface area contributed by atoms with Gasteiger partial charge >= 0.3 is 6.09 Å². The number of halogens is 1. The Kier molecular flexibility index (Phi) is 3.89. The maximum atomic E-state index is 11.7. The molecule has 0 aromatic carbocycles. The van der Waals surface area contributed by atoms with Crippen LogP contribution in [0.4, 0.5) is 10.7 Å². The molecule has 0 aliphatic carbocycles. The Morgan fingerprint density at radius 2 is 2.15 bits per heavy atom. The second kappa shape index (κ2) is 5.46. The van der Waals surface area contributed by atoms with E-state index in [-0.39, 0.29) is 11.1 Å². The van der Waals surface area contributed by atoms with E-state index in [4.69, 9.17) is 16.3 Å². The van der Waals surface area contributed by atoms with Crippen LogP contribution in [0.25, 0.3) is 5.82 Å². The second-order valence-corrected chi connectivity index (χ2v) is 5.34. The highest BCUT2D eigenvalue weighted by molar-refractivity contribution is 6.29. The van der Waals surface area contributed by atoms with Crippen LogP contribution in [0.2, 0.25) is 5.15 Å². The van der Waals surface area contributed by atoms with Crippen LogP contribution in [0.3, 0.4) is 0 Å². The lowest BCUT2D eigenvalue weighted by molar-refractivity contribution is 0.0634. The summed E-state index contributed by atoms with van der Waals surface area (Å²) in [7, 11) is 0. The Balaban J connectivity index is 2.19. The van der Waals surface area contributed by atoms with Crippen molar-refractivity contribution in [1.29, 1.82) is 0 Å². The first kappa shape index (κ1) is 14.3. The fourth-order valence-electron chi connectivity index (χ4n) is 1.38. The lowest BCUT2D eigenvalue weighted by Gasteiger charge is -2.19. The molecule has 0 aliphatic rings. The smallest absolute Gasteiger partial charge is 0.414 e. The van der Waals surface area contributed by atoms with Crippen molar-refractivity contribution in [2.75, 3.05) is 5.32 Å². The molecule has 2 rings (SSSR count). The number of carbonyl (C=O) groups excluding carboxylic acids is 1. The van der Waals surface area contributed by atoms with Crippen LogP contribution in [-0.4, -0.2) is 31.4 Å². The van der Waals surface area contributed by atoms with Crippen molar-refractivity contribution >= 4 is 23.6 Å². The summed E-state index contributed by atoms with van der Waals surface area (Å²) < 4.78 is 6.62. The van der Waals surface area contributed by atoms with Gasteiger partial charge in [-0.1, -0.05) is 11.6 Å². The zero-order valence-electron chi connectivity index (χ0n) is 11.3. The molecule has 8 heteroatoms. The molecule has 0 saturated carbocycles. The first-order chi connectivity index (χ1) is 9.33. The average Bonchev–Trinajstić information content (AvgIpc) is 2.78. The third-order valence-corrected chi connectivity index (χ3v) is 2.23. The molecule has 2 aromatic heterocycles. The minimum atomic E-state index is -0.647. The zero-order chi connectivity index (χ0) is 14.8. The molecule has 2 aromatic rings. The summed E-state index contributed by atoms with van der Waals surface area (Å²) in [6.45, 7) is 5.29. The van der Waals surface area contributed by atoms with Crippen molar-refractivity contribution in [3.05, 3.63) is 29.7 Å². The fourth-order valence-corrected chi connectivity index (χ4v) is 1.56. The topological polar surface area (TPSA) is 81.9 Å². The monoisotopic (exact) mass is 295 g/mol. The van der Waals surface area contributed by atoms with Crippen LogP contribution in [0.5, 0.6) is 0 Å². The molecule has 0 fully saturated rings. The first-order valence-electron chi connectivity index (χ1n) is 5.88. The molecule has 0 unspecified atom stereocenters. The Bertz CT molecular complexity index is 607. The average molecular weight is 296 g/mol. The van der Waals surface area contributed by atoms with Crippen molar-refractivity contribution in [2.45, 2.75) is 26.4 Å². The molecule has 0 atom stereocenters. The van der Waals surface area contributed by atoms with Gasteiger partial charge in [-0.15, -0.1) is 0 Å². The van der Waals surface area contributed by atoms with E-state index >= 15 is 0 Å². The van der Waals surface area contributed by atoms with E-state index in [1.54, 1.807) is 39.2 Å². The van der Waals surface area contributed by atoms with Crippen molar-refractivity contribution in [3.63, 3.8) is 0 Å². The quantitative estimate of drug-likeness (QED) is 0.861. The Morgan fingerprint density at radius 1 is 1.40 bits per heavy atom. The predicted molar refractivity (Wildman–Crippen MR) is 74.0 cm³/mol. The van der Waals surface area contributed by atoms with Gasteiger partial charge in [-0.3, -0.25) is 5.32 Å².